The average Bonchev–Trinajstić information content (AvgIpc) is 2.14. The third-order valence-corrected chi connectivity index (χ3v) is 1.26. The van der Waals surface area contributed by atoms with Crippen molar-refractivity contribution >= 4 is 0 Å². The molecule has 4 heteroatoms. The van der Waals surface area contributed by atoms with Crippen LogP contribution in [-0.2, 0) is 4.74 Å². The quantitative estimate of drug-likeness (QED) is 0.281. The van der Waals surface area contributed by atoms with Crippen LogP contribution in [0.4, 0.5) is 0 Å². The molecule has 1 fully saturated rings. The Morgan fingerprint density at radius 1 is 1.62 bits per heavy atom. The molecule has 1 rings (SSSR count). The van der Waals surface area contributed by atoms with Crippen molar-refractivity contribution in [2.45, 2.75) is 12.1 Å². The van der Waals surface area contributed by atoms with Gasteiger partial charge in [0.05, 0.1) is 25.4 Å². The Labute approximate surface area is 47.6 Å². The van der Waals surface area contributed by atoms with Gasteiger partial charge in [-0.3, -0.25) is 11.3 Å². The lowest BCUT2D eigenvalue weighted by atomic mass is 10.2. The molecule has 8 heavy (non-hydrogen) atoms. The lowest BCUT2D eigenvalue weighted by Gasteiger charge is -2.08. The van der Waals surface area contributed by atoms with Crippen molar-refractivity contribution in [1.82, 2.24) is 5.43 Å². The summed E-state index contributed by atoms with van der Waals surface area (Å²) in [5.74, 6) is 5.03. The molecule has 0 aromatic heterocycles. The number of hydrogen-bond acceptors (Lipinski definition) is 4. The highest BCUT2D eigenvalue weighted by Gasteiger charge is 2.24. The van der Waals surface area contributed by atoms with Crippen molar-refractivity contribution in [3.8, 4) is 0 Å². The molecule has 0 unspecified atom stereocenters. The fraction of sp³-hybridized carbons (Fsp3) is 1.00. The zero-order chi connectivity index (χ0) is 5.98. The first-order chi connectivity index (χ1) is 3.84. The molecule has 48 valence electrons. The SMILES string of the molecule is NN[C@H]1COC[C@H]1O. The molecule has 1 aliphatic rings. The van der Waals surface area contributed by atoms with Crippen molar-refractivity contribution in [2.75, 3.05) is 13.2 Å². The van der Waals surface area contributed by atoms with E-state index in [0.717, 1.165) is 0 Å². The summed E-state index contributed by atoms with van der Waals surface area (Å²) in [5.41, 5.74) is 2.44. The van der Waals surface area contributed by atoms with Gasteiger partial charge in [0.15, 0.2) is 0 Å². The number of hydrogen-bond donors (Lipinski definition) is 3. The Balaban J connectivity index is 2.30. The Kier molecular flexibility index (Phi) is 1.80. The molecule has 4 N–H and O–H groups in total. The van der Waals surface area contributed by atoms with Crippen LogP contribution in [0.5, 0.6) is 0 Å². The molecule has 0 spiro atoms. The van der Waals surface area contributed by atoms with E-state index >= 15 is 0 Å². The molecular formula is C4H10N2O2. The number of hydrazine groups is 1. The van der Waals surface area contributed by atoms with Crippen molar-refractivity contribution < 1.29 is 9.84 Å². The molecule has 1 heterocycles. The summed E-state index contributed by atoms with van der Waals surface area (Å²) in [6.07, 6.45) is -0.431. The molecule has 0 aliphatic carbocycles. The van der Waals surface area contributed by atoms with E-state index in [9.17, 15) is 0 Å². The van der Waals surface area contributed by atoms with Crippen LogP contribution in [0.3, 0.4) is 0 Å². The second kappa shape index (κ2) is 2.41. The predicted octanol–water partition coefficient (Wildman–Crippen LogP) is -1.79. The Morgan fingerprint density at radius 2 is 2.38 bits per heavy atom. The van der Waals surface area contributed by atoms with Gasteiger partial charge in [0.1, 0.15) is 0 Å². The third-order valence-electron chi connectivity index (χ3n) is 1.26. The summed E-state index contributed by atoms with van der Waals surface area (Å²) in [6, 6.07) is -0.0741. The van der Waals surface area contributed by atoms with Gasteiger partial charge < -0.3 is 9.84 Å². The van der Waals surface area contributed by atoms with Gasteiger partial charge in [-0.2, -0.15) is 0 Å². The van der Waals surface area contributed by atoms with E-state index in [1.165, 1.54) is 0 Å². The van der Waals surface area contributed by atoms with Crippen LogP contribution in [0.25, 0.3) is 0 Å². The summed E-state index contributed by atoms with van der Waals surface area (Å²) in [7, 11) is 0. The zero-order valence-electron chi connectivity index (χ0n) is 4.50. The predicted molar refractivity (Wildman–Crippen MR) is 27.9 cm³/mol. The van der Waals surface area contributed by atoms with Gasteiger partial charge in [0.2, 0.25) is 0 Å². The average molecular weight is 118 g/mol. The van der Waals surface area contributed by atoms with E-state index in [1.807, 2.05) is 0 Å². The van der Waals surface area contributed by atoms with Gasteiger partial charge in [0.25, 0.3) is 0 Å². The third kappa shape index (κ3) is 0.976. The minimum absolute atomic E-state index is 0.0741. The maximum Gasteiger partial charge on any atom is 0.0962 e. The zero-order valence-corrected chi connectivity index (χ0v) is 4.50. The number of aliphatic hydroxyl groups excluding tert-OH is 1. The van der Waals surface area contributed by atoms with Crippen LogP contribution in [0.2, 0.25) is 0 Å². The van der Waals surface area contributed by atoms with Gasteiger partial charge in [-0.05, 0) is 0 Å². The molecule has 0 aromatic rings. The molecule has 0 saturated carbocycles. The van der Waals surface area contributed by atoms with E-state index in [0.29, 0.717) is 13.2 Å². The largest absolute Gasteiger partial charge is 0.389 e. The summed E-state index contributed by atoms with van der Waals surface area (Å²) < 4.78 is 4.87. The van der Waals surface area contributed by atoms with Gasteiger partial charge in [-0.1, -0.05) is 0 Å². The summed E-state index contributed by atoms with van der Waals surface area (Å²) >= 11 is 0. The standard InChI is InChI=1S/C4H10N2O2/c5-6-3-1-8-2-4(3)7/h3-4,6-7H,1-2,5H2/t3-,4+/m0/s1. The second-order valence-electron chi connectivity index (χ2n) is 1.88. The highest BCUT2D eigenvalue weighted by molar-refractivity contribution is 4.77. The summed E-state index contributed by atoms with van der Waals surface area (Å²) in [4.78, 5) is 0. The first-order valence-corrected chi connectivity index (χ1v) is 2.56. The first kappa shape index (κ1) is 5.97. The van der Waals surface area contributed by atoms with Crippen LogP contribution in [0.1, 0.15) is 0 Å². The molecule has 2 atom stereocenters. The van der Waals surface area contributed by atoms with E-state index in [4.69, 9.17) is 15.7 Å². The Bertz CT molecular complexity index is 78.4. The van der Waals surface area contributed by atoms with Crippen molar-refractivity contribution in [3.63, 3.8) is 0 Å². The maximum absolute atomic E-state index is 8.92. The molecule has 0 amide bonds. The number of ether oxygens (including phenoxy) is 1. The molecule has 0 bridgehead atoms. The van der Waals surface area contributed by atoms with Crippen molar-refractivity contribution in [1.29, 1.82) is 0 Å². The topological polar surface area (TPSA) is 67.5 Å². The molecule has 1 aliphatic heterocycles. The second-order valence-corrected chi connectivity index (χ2v) is 1.88. The fourth-order valence-electron chi connectivity index (χ4n) is 0.702. The number of rotatable bonds is 1. The van der Waals surface area contributed by atoms with Crippen LogP contribution < -0.4 is 11.3 Å². The molecule has 1 saturated heterocycles. The van der Waals surface area contributed by atoms with Crippen LogP contribution in [0, 0.1) is 0 Å². The Hall–Kier alpha value is -0.160. The Morgan fingerprint density at radius 3 is 2.62 bits per heavy atom. The number of nitrogens with one attached hydrogen (secondary N) is 1. The van der Waals surface area contributed by atoms with Crippen LogP contribution >= 0.6 is 0 Å². The van der Waals surface area contributed by atoms with Gasteiger partial charge in [0, 0.05) is 0 Å². The van der Waals surface area contributed by atoms with E-state index in [2.05, 4.69) is 5.43 Å². The summed E-state index contributed by atoms with van der Waals surface area (Å²) in [5, 5.41) is 8.92. The van der Waals surface area contributed by atoms with Gasteiger partial charge >= 0.3 is 0 Å². The van der Waals surface area contributed by atoms with Crippen molar-refractivity contribution in [3.05, 3.63) is 0 Å². The molecule has 0 aromatic carbocycles. The molecule has 0 radical (unpaired) electrons. The highest BCUT2D eigenvalue weighted by atomic mass is 16.5. The fourth-order valence-corrected chi connectivity index (χ4v) is 0.702. The number of aliphatic hydroxyl groups is 1. The summed E-state index contributed by atoms with van der Waals surface area (Å²) in [6.45, 7) is 0.909. The highest BCUT2D eigenvalue weighted by Crippen LogP contribution is 2.02. The van der Waals surface area contributed by atoms with E-state index in [-0.39, 0.29) is 6.04 Å². The lowest BCUT2D eigenvalue weighted by molar-refractivity contribution is 0.122. The van der Waals surface area contributed by atoms with E-state index < -0.39 is 6.10 Å². The normalized spacial score (nSPS) is 38.2. The monoisotopic (exact) mass is 118 g/mol. The van der Waals surface area contributed by atoms with Gasteiger partial charge in [-0.15, -0.1) is 0 Å². The van der Waals surface area contributed by atoms with Crippen LogP contribution in [-0.4, -0.2) is 30.5 Å². The molecule has 4 nitrogen and oxygen atoms in total. The minimum atomic E-state index is -0.431. The number of nitrogens with two attached hydrogens (primary N) is 1. The van der Waals surface area contributed by atoms with Crippen molar-refractivity contribution in [2.24, 2.45) is 5.84 Å². The van der Waals surface area contributed by atoms with Gasteiger partial charge in [-0.25, -0.2) is 0 Å². The van der Waals surface area contributed by atoms with E-state index in [1.54, 1.807) is 0 Å². The minimum Gasteiger partial charge on any atom is -0.389 e. The maximum atomic E-state index is 8.92. The first-order valence-electron chi connectivity index (χ1n) is 2.56. The molecular weight excluding hydrogens is 108 g/mol. The van der Waals surface area contributed by atoms with Crippen LogP contribution in [0.15, 0.2) is 0 Å². The smallest absolute Gasteiger partial charge is 0.0962 e. The lowest BCUT2D eigenvalue weighted by Crippen LogP contribution is -2.42.